The summed E-state index contributed by atoms with van der Waals surface area (Å²) in [7, 11) is 1.24. The van der Waals surface area contributed by atoms with Crippen molar-refractivity contribution in [3.8, 4) is 11.1 Å². The quantitative estimate of drug-likeness (QED) is 0.397. The van der Waals surface area contributed by atoms with Crippen LogP contribution in [0, 0.1) is 0 Å². The van der Waals surface area contributed by atoms with Crippen LogP contribution in [0.2, 0.25) is 0 Å². The average molecular weight is 255 g/mol. The van der Waals surface area contributed by atoms with Crippen LogP contribution in [0.1, 0.15) is 5.56 Å². The molecule has 0 aliphatic heterocycles. The van der Waals surface area contributed by atoms with Gasteiger partial charge in [0.05, 0.1) is 7.11 Å². The number of nitrogens with zero attached hydrogens (tertiary/aromatic N) is 1. The third-order valence-corrected chi connectivity index (χ3v) is 2.74. The van der Waals surface area contributed by atoms with E-state index >= 15 is 0 Å². The van der Waals surface area contributed by atoms with E-state index in [4.69, 9.17) is 5.21 Å². The van der Waals surface area contributed by atoms with Gasteiger partial charge in [0.25, 0.3) is 0 Å². The molecule has 0 aliphatic rings. The fourth-order valence-corrected chi connectivity index (χ4v) is 1.76. The molecule has 0 aliphatic carbocycles. The number of esters is 1. The number of methoxy groups -OCH3 is 1. The molecule has 0 bridgehead atoms. The molecule has 2 rings (SSSR count). The maximum absolute atomic E-state index is 11.4. The normalized spacial score (nSPS) is 11.1. The molecule has 1 N–H and O–H groups in total. The minimum Gasteiger partial charge on any atom is -0.464 e. The number of ether oxygens (including phenoxy) is 1. The van der Waals surface area contributed by atoms with Gasteiger partial charge in [-0.25, -0.2) is 4.79 Å². The van der Waals surface area contributed by atoms with Gasteiger partial charge in [-0.3, -0.25) is 0 Å². The topological polar surface area (TPSA) is 58.9 Å². The van der Waals surface area contributed by atoms with E-state index in [0.29, 0.717) is 5.56 Å². The Labute approximate surface area is 111 Å². The van der Waals surface area contributed by atoms with Crippen LogP contribution >= 0.6 is 0 Å². The highest BCUT2D eigenvalue weighted by molar-refractivity contribution is 6.43. The predicted molar refractivity (Wildman–Crippen MR) is 72.2 cm³/mol. The summed E-state index contributed by atoms with van der Waals surface area (Å²) in [5, 5.41) is 11.8. The van der Waals surface area contributed by atoms with E-state index in [1.807, 2.05) is 42.5 Å². The van der Waals surface area contributed by atoms with Crippen LogP contribution in [0.5, 0.6) is 0 Å². The molecular formula is C15H13NO3. The van der Waals surface area contributed by atoms with Crippen LogP contribution in [0.15, 0.2) is 59.8 Å². The number of hydrogen-bond donors (Lipinski definition) is 1. The molecule has 0 spiro atoms. The Morgan fingerprint density at radius 1 is 1.00 bits per heavy atom. The van der Waals surface area contributed by atoms with E-state index in [1.54, 1.807) is 12.1 Å². The van der Waals surface area contributed by atoms with E-state index in [-0.39, 0.29) is 5.71 Å². The average Bonchev–Trinajstić information content (AvgIpc) is 2.49. The van der Waals surface area contributed by atoms with Gasteiger partial charge in [0, 0.05) is 5.56 Å². The summed E-state index contributed by atoms with van der Waals surface area (Å²) >= 11 is 0. The summed E-state index contributed by atoms with van der Waals surface area (Å²) in [5.41, 5.74) is 2.50. The Kier molecular flexibility index (Phi) is 3.93. The van der Waals surface area contributed by atoms with Gasteiger partial charge in [-0.1, -0.05) is 59.8 Å². The highest BCUT2D eigenvalue weighted by atomic mass is 16.5. The van der Waals surface area contributed by atoms with Crippen molar-refractivity contribution in [3.63, 3.8) is 0 Å². The molecule has 19 heavy (non-hydrogen) atoms. The lowest BCUT2D eigenvalue weighted by molar-refractivity contribution is -0.132. The van der Waals surface area contributed by atoms with E-state index in [1.165, 1.54) is 7.11 Å². The second-order valence-electron chi connectivity index (χ2n) is 3.88. The summed E-state index contributed by atoms with van der Waals surface area (Å²) in [5.74, 6) is -0.671. The SMILES string of the molecule is COC(=O)C(=NO)c1ccc(-c2ccccc2)cc1. The first kappa shape index (κ1) is 12.8. The van der Waals surface area contributed by atoms with E-state index in [0.717, 1.165) is 11.1 Å². The van der Waals surface area contributed by atoms with Crippen molar-refractivity contribution in [3.05, 3.63) is 60.2 Å². The van der Waals surface area contributed by atoms with Gasteiger partial charge < -0.3 is 9.94 Å². The lowest BCUT2D eigenvalue weighted by atomic mass is 10.0. The van der Waals surface area contributed by atoms with Gasteiger partial charge in [-0.15, -0.1) is 0 Å². The summed E-state index contributed by atoms with van der Waals surface area (Å²) < 4.78 is 4.54. The van der Waals surface area contributed by atoms with Crippen molar-refractivity contribution in [2.45, 2.75) is 0 Å². The van der Waals surface area contributed by atoms with Gasteiger partial charge >= 0.3 is 5.97 Å². The highest BCUT2D eigenvalue weighted by Crippen LogP contribution is 2.19. The molecule has 4 heteroatoms. The van der Waals surface area contributed by atoms with Gasteiger partial charge in [-0.05, 0) is 11.1 Å². The Bertz CT molecular complexity index is 589. The van der Waals surface area contributed by atoms with Crippen LogP contribution in [0.25, 0.3) is 11.1 Å². The summed E-state index contributed by atoms with van der Waals surface area (Å²) in [6.07, 6.45) is 0. The second kappa shape index (κ2) is 5.82. The lowest BCUT2D eigenvalue weighted by Crippen LogP contribution is -2.17. The van der Waals surface area contributed by atoms with E-state index in [2.05, 4.69) is 9.89 Å². The molecule has 0 aromatic heterocycles. The van der Waals surface area contributed by atoms with Crippen molar-refractivity contribution in [2.24, 2.45) is 5.16 Å². The van der Waals surface area contributed by atoms with Gasteiger partial charge in [0.1, 0.15) is 0 Å². The fourth-order valence-electron chi connectivity index (χ4n) is 1.76. The molecule has 2 aromatic carbocycles. The molecule has 96 valence electrons. The lowest BCUT2D eigenvalue weighted by Gasteiger charge is -2.05. The third-order valence-electron chi connectivity index (χ3n) is 2.74. The van der Waals surface area contributed by atoms with Crippen molar-refractivity contribution in [1.82, 2.24) is 0 Å². The van der Waals surface area contributed by atoms with E-state index < -0.39 is 5.97 Å². The molecule has 0 fully saturated rings. The van der Waals surface area contributed by atoms with Crippen LogP contribution < -0.4 is 0 Å². The maximum atomic E-state index is 11.4. The van der Waals surface area contributed by atoms with E-state index in [9.17, 15) is 4.79 Å². The summed E-state index contributed by atoms with van der Waals surface area (Å²) in [4.78, 5) is 11.4. The second-order valence-corrected chi connectivity index (χ2v) is 3.88. The Morgan fingerprint density at radius 3 is 2.11 bits per heavy atom. The van der Waals surface area contributed by atoms with Gasteiger partial charge in [0.15, 0.2) is 5.71 Å². The van der Waals surface area contributed by atoms with Crippen molar-refractivity contribution in [1.29, 1.82) is 0 Å². The zero-order valence-corrected chi connectivity index (χ0v) is 10.4. The van der Waals surface area contributed by atoms with Crippen LogP contribution in [0.3, 0.4) is 0 Å². The first-order chi connectivity index (χ1) is 9.26. The Hall–Kier alpha value is -2.62. The van der Waals surface area contributed by atoms with Crippen molar-refractivity contribution < 1.29 is 14.7 Å². The van der Waals surface area contributed by atoms with Crippen LogP contribution in [-0.4, -0.2) is 24.0 Å². The fraction of sp³-hybridized carbons (Fsp3) is 0.0667. The van der Waals surface area contributed by atoms with Crippen molar-refractivity contribution in [2.75, 3.05) is 7.11 Å². The molecule has 0 atom stereocenters. The summed E-state index contributed by atoms with van der Waals surface area (Å²) in [6.45, 7) is 0. The number of rotatable bonds is 3. The third kappa shape index (κ3) is 2.80. The Morgan fingerprint density at radius 2 is 1.58 bits per heavy atom. The molecule has 0 saturated carbocycles. The highest BCUT2D eigenvalue weighted by Gasteiger charge is 2.15. The largest absolute Gasteiger partial charge is 0.464 e. The van der Waals surface area contributed by atoms with Gasteiger partial charge in [-0.2, -0.15) is 0 Å². The molecule has 0 amide bonds. The number of carbonyl (C=O) groups is 1. The number of benzene rings is 2. The minimum absolute atomic E-state index is 0.109. The molecule has 0 radical (unpaired) electrons. The molecule has 0 unspecified atom stereocenters. The number of carbonyl (C=O) groups excluding carboxylic acids is 1. The number of hydrogen-bond acceptors (Lipinski definition) is 4. The first-order valence-electron chi connectivity index (χ1n) is 5.72. The molecular weight excluding hydrogens is 242 g/mol. The minimum atomic E-state index is -0.671. The maximum Gasteiger partial charge on any atom is 0.360 e. The summed E-state index contributed by atoms with van der Waals surface area (Å²) in [6, 6.07) is 17.0. The molecule has 2 aromatic rings. The first-order valence-corrected chi connectivity index (χ1v) is 5.72. The molecule has 0 saturated heterocycles. The number of oxime groups is 1. The van der Waals surface area contributed by atoms with Gasteiger partial charge in [0.2, 0.25) is 0 Å². The van der Waals surface area contributed by atoms with Crippen molar-refractivity contribution >= 4 is 11.7 Å². The molecule has 0 heterocycles. The zero-order valence-electron chi connectivity index (χ0n) is 10.4. The zero-order chi connectivity index (χ0) is 13.7. The predicted octanol–water partition coefficient (Wildman–Crippen LogP) is 2.70. The monoisotopic (exact) mass is 255 g/mol. The standard InChI is InChI=1S/C15H13NO3/c1-19-15(17)14(16-18)13-9-7-12(8-10-13)11-5-3-2-4-6-11/h2-10,18H,1H3. The smallest absolute Gasteiger partial charge is 0.360 e. The van der Waals surface area contributed by atoms with Crippen LogP contribution in [-0.2, 0) is 9.53 Å². The Balaban J connectivity index is 2.31. The molecule has 4 nitrogen and oxygen atoms in total. The van der Waals surface area contributed by atoms with Crippen LogP contribution in [0.4, 0.5) is 0 Å².